The highest BCUT2D eigenvalue weighted by molar-refractivity contribution is 7.93. The molecule has 0 aliphatic heterocycles. The Hall–Kier alpha value is -3.44. The standard InChI is InChI=1S/C24H16Cl2N2O4S/c1-33(31,28-15-18(14-27)23(29)16-2-6-19(25)7-3-16)22-12-10-21(11-13-22)32-24(30)17-4-8-20(26)9-5-17/h2-13,15H,1H3/b18-15+/t33-/m1/s1. The van der Waals surface area contributed by atoms with Crippen LogP contribution in [0.3, 0.4) is 0 Å². The topological polar surface area (TPSA) is 96.6 Å². The fraction of sp³-hybridized carbons (Fsp3) is 0.0417. The number of allylic oxidation sites excluding steroid dienone is 1. The molecule has 0 spiro atoms. The number of carbonyl (C=O) groups is 2. The molecule has 0 aromatic heterocycles. The predicted molar refractivity (Wildman–Crippen MR) is 127 cm³/mol. The zero-order valence-corrected chi connectivity index (χ0v) is 19.5. The van der Waals surface area contributed by atoms with Gasteiger partial charge in [-0.25, -0.2) is 13.4 Å². The van der Waals surface area contributed by atoms with E-state index in [1.165, 1.54) is 54.8 Å². The number of esters is 1. The van der Waals surface area contributed by atoms with Crippen LogP contribution in [0.2, 0.25) is 10.0 Å². The summed E-state index contributed by atoms with van der Waals surface area (Å²) in [4.78, 5) is 25.0. The van der Waals surface area contributed by atoms with E-state index >= 15 is 0 Å². The Morgan fingerprint density at radius 3 is 1.94 bits per heavy atom. The van der Waals surface area contributed by atoms with Gasteiger partial charge in [0.15, 0.2) is 0 Å². The Balaban J connectivity index is 1.78. The molecule has 0 N–H and O–H groups in total. The molecule has 166 valence electrons. The van der Waals surface area contributed by atoms with Crippen molar-refractivity contribution in [1.29, 1.82) is 5.26 Å². The van der Waals surface area contributed by atoms with Gasteiger partial charge in [-0.3, -0.25) is 4.79 Å². The number of nitrogens with zero attached hydrogens (tertiary/aromatic N) is 2. The molecule has 33 heavy (non-hydrogen) atoms. The lowest BCUT2D eigenvalue weighted by molar-refractivity contribution is 0.0734. The molecule has 9 heteroatoms. The summed E-state index contributed by atoms with van der Waals surface area (Å²) in [5, 5.41) is 10.3. The van der Waals surface area contributed by atoms with Crippen molar-refractivity contribution < 1.29 is 18.5 Å². The third-order valence-corrected chi connectivity index (χ3v) is 6.56. The monoisotopic (exact) mass is 498 g/mol. The minimum absolute atomic E-state index is 0.250. The average Bonchev–Trinajstić information content (AvgIpc) is 2.80. The fourth-order valence-electron chi connectivity index (χ4n) is 2.62. The summed E-state index contributed by atoms with van der Waals surface area (Å²) in [5.74, 6) is -0.874. The molecule has 3 rings (SSSR count). The summed E-state index contributed by atoms with van der Waals surface area (Å²) in [7, 11) is -2.97. The van der Waals surface area contributed by atoms with Gasteiger partial charge in [0.05, 0.1) is 21.5 Å². The highest BCUT2D eigenvalue weighted by Gasteiger charge is 2.14. The Labute approximate surface area is 201 Å². The number of ketones is 1. The van der Waals surface area contributed by atoms with Crippen LogP contribution in [-0.2, 0) is 9.73 Å². The maximum atomic E-state index is 13.0. The lowest BCUT2D eigenvalue weighted by atomic mass is 10.1. The third-order valence-electron chi connectivity index (χ3n) is 4.41. The summed E-state index contributed by atoms with van der Waals surface area (Å²) in [5.41, 5.74) is 0.328. The molecule has 0 fully saturated rings. The molecule has 0 saturated heterocycles. The van der Waals surface area contributed by atoms with Gasteiger partial charge in [0.1, 0.15) is 17.4 Å². The Bertz CT molecular complexity index is 1380. The van der Waals surface area contributed by atoms with E-state index in [-0.39, 0.29) is 16.9 Å². The lowest BCUT2D eigenvalue weighted by Crippen LogP contribution is -2.08. The number of rotatable bonds is 6. The number of nitriles is 1. The number of carbonyl (C=O) groups excluding carboxylic acids is 2. The number of benzene rings is 3. The number of halogens is 2. The molecule has 1 atom stereocenters. The van der Waals surface area contributed by atoms with Crippen molar-refractivity contribution in [2.24, 2.45) is 4.36 Å². The van der Waals surface area contributed by atoms with Crippen LogP contribution in [-0.4, -0.2) is 22.2 Å². The van der Waals surface area contributed by atoms with Crippen molar-refractivity contribution in [2.75, 3.05) is 6.26 Å². The lowest BCUT2D eigenvalue weighted by Gasteiger charge is -2.07. The second-order valence-corrected chi connectivity index (χ2v) is 9.93. The summed E-state index contributed by atoms with van der Waals surface area (Å²) in [6.45, 7) is 0. The van der Waals surface area contributed by atoms with E-state index in [0.717, 1.165) is 6.20 Å². The fourth-order valence-corrected chi connectivity index (χ4v) is 3.94. The van der Waals surface area contributed by atoms with E-state index in [2.05, 4.69) is 4.36 Å². The van der Waals surface area contributed by atoms with Gasteiger partial charge in [0.2, 0.25) is 5.78 Å². The van der Waals surface area contributed by atoms with Gasteiger partial charge >= 0.3 is 5.97 Å². The molecular formula is C24H16Cl2N2O4S. The SMILES string of the molecule is C[S@](=O)(=N/C=C(\C#N)C(=O)c1ccc(Cl)cc1)c1ccc(OC(=O)c2ccc(Cl)cc2)cc1. The van der Waals surface area contributed by atoms with E-state index in [9.17, 15) is 19.1 Å². The molecule has 0 amide bonds. The maximum absolute atomic E-state index is 13.0. The Morgan fingerprint density at radius 1 is 0.909 bits per heavy atom. The van der Waals surface area contributed by atoms with Crippen molar-refractivity contribution in [3.8, 4) is 11.8 Å². The van der Waals surface area contributed by atoms with Gasteiger partial charge in [-0.1, -0.05) is 23.2 Å². The van der Waals surface area contributed by atoms with Crippen LogP contribution in [0.4, 0.5) is 0 Å². The molecule has 0 heterocycles. The second-order valence-electron chi connectivity index (χ2n) is 6.77. The quantitative estimate of drug-likeness (QED) is 0.137. The van der Waals surface area contributed by atoms with Gasteiger partial charge in [-0.05, 0) is 72.8 Å². The number of Topliss-reactive ketones (excluding diaryl/α,β-unsaturated/α-hetero) is 1. The van der Waals surface area contributed by atoms with E-state index in [1.807, 2.05) is 0 Å². The van der Waals surface area contributed by atoms with Crippen LogP contribution in [0.15, 0.2) is 93.8 Å². The number of hydrogen-bond acceptors (Lipinski definition) is 6. The minimum atomic E-state index is -2.97. The summed E-state index contributed by atoms with van der Waals surface area (Å²) in [6, 6.07) is 20.0. The molecule has 0 aliphatic carbocycles. The first kappa shape index (κ1) is 24.2. The maximum Gasteiger partial charge on any atom is 0.343 e. The first-order valence-corrected chi connectivity index (χ1v) is 12.1. The van der Waals surface area contributed by atoms with Gasteiger partial charge < -0.3 is 4.74 Å². The summed E-state index contributed by atoms with van der Waals surface area (Å²) >= 11 is 11.6. The zero-order valence-electron chi connectivity index (χ0n) is 17.2. The van der Waals surface area contributed by atoms with Crippen molar-refractivity contribution in [3.05, 3.63) is 106 Å². The van der Waals surface area contributed by atoms with Gasteiger partial charge in [0, 0.05) is 26.8 Å². The van der Waals surface area contributed by atoms with Gasteiger partial charge in [0.25, 0.3) is 0 Å². The van der Waals surface area contributed by atoms with Gasteiger partial charge in [-0.15, -0.1) is 0 Å². The van der Waals surface area contributed by atoms with E-state index in [0.29, 0.717) is 20.5 Å². The van der Waals surface area contributed by atoms with Crippen LogP contribution in [0.1, 0.15) is 20.7 Å². The molecule has 6 nitrogen and oxygen atoms in total. The molecule has 0 saturated carbocycles. The third kappa shape index (κ3) is 6.30. The Kier molecular flexibility index (Phi) is 7.67. The molecule has 0 bridgehead atoms. The molecule has 0 unspecified atom stereocenters. The van der Waals surface area contributed by atoms with Crippen molar-refractivity contribution in [2.45, 2.75) is 4.90 Å². The summed E-state index contributed by atoms with van der Waals surface area (Å²) < 4.78 is 22.3. The summed E-state index contributed by atoms with van der Waals surface area (Å²) in [6.07, 6.45) is 2.38. The smallest absolute Gasteiger partial charge is 0.343 e. The van der Waals surface area contributed by atoms with E-state index in [1.54, 1.807) is 30.3 Å². The second kappa shape index (κ2) is 10.5. The molecule has 3 aromatic carbocycles. The largest absolute Gasteiger partial charge is 0.423 e. The molecule has 3 aromatic rings. The van der Waals surface area contributed by atoms with E-state index in [4.69, 9.17) is 27.9 Å². The van der Waals surface area contributed by atoms with Gasteiger partial charge in [-0.2, -0.15) is 5.26 Å². The van der Waals surface area contributed by atoms with Crippen LogP contribution >= 0.6 is 23.2 Å². The van der Waals surface area contributed by atoms with Crippen molar-refractivity contribution >= 4 is 44.7 Å². The number of hydrogen-bond donors (Lipinski definition) is 0. The highest BCUT2D eigenvalue weighted by atomic mass is 35.5. The van der Waals surface area contributed by atoms with Crippen molar-refractivity contribution in [3.63, 3.8) is 0 Å². The average molecular weight is 499 g/mol. The molecular weight excluding hydrogens is 483 g/mol. The molecule has 0 radical (unpaired) electrons. The zero-order chi connectivity index (χ0) is 24.0. The van der Waals surface area contributed by atoms with Crippen LogP contribution in [0, 0.1) is 11.3 Å². The Morgan fingerprint density at radius 2 is 1.42 bits per heavy atom. The first-order valence-electron chi connectivity index (χ1n) is 9.39. The minimum Gasteiger partial charge on any atom is -0.423 e. The van der Waals surface area contributed by atoms with Crippen LogP contribution in [0.5, 0.6) is 5.75 Å². The predicted octanol–water partition coefficient (Wildman–Crippen LogP) is 5.96. The van der Waals surface area contributed by atoms with E-state index < -0.39 is 21.5 Å². The van der Waals surface area contributed by atoms with Crippen LogP contribution < -0.4 is 4.74 Å². The van der Waals surface area contributed by atoms with Crippen molar-refractivity contribution in [1.82, 2.24) is 0 Å². The normalized spacial score (nSPS) is 12.8. The first-order chi connectivity index (χ1) is 15.7. The number of ether oxygens (including phenoxy) is 1. The molecule has 0 aliphatic rings. The highest BCUT2D eigenvalue weighted by Crippen LogP contribution is 2.20. The van der Waals surface area contributed by atoms with Crippen LogP contribution in [0.25, 0.3) is 0 Å².